The molecule has 0 atom stereocenters. The van der Waals surface area contributed by atoms with Gasteiger partial charge in [0, 0.05) is 16.8 Å². The predicted octanol–water partition coefficient (Wildman–Crippen LogP) is 3.72. The zero-order valence-corrected chi connectivity index (χ0v) is 12.8. The molecule has 0 unspecified atom stereocenters. The molecular weight excluding hydrogens is 328 g/mol. The maximum atomic E-state index is 13.4. The lowest BCUT2D eigenvalue weighted by Crippen LogP contribution is -2.21. The molecule has 0 aliphatic carbocycles. The molecule has 4 nitrogen and oxygen atoms in total. The molecule has 23 heavy (non-hydrogen) atoms. The first kappa shape index (κ1) is 16.9. The second-order valence-corrected chi connectivity index (χ2v) is 5.14. The quantitative estimate of drug-likeness (QED) is 0.864. The number of hydrogen-bond acceptors (Lipinski definition) is 3. The lowest BCUT2D eigenvalue weighted by Gasteiger charge is -2.09. The Labute approximate surface area is 136 Å². The van der Waals surface area contributed by atoms with Crippen LogP contribution in [0.25, 0.3) is 0 Å². The maximum Gasteiger partial charge on any atom is 0.341 e. The van der Waals surface area contributed by atoms with Gasteiger partial charge in [0.25, 0.3) is 5.91 Å². The van der Waals surface area contributed by atoms with E-state index >= 15 is 0 Å². The van der Waals surface area contributed by atoms with E-state index < -0.39 is 35.7 Å². The van der Waals surface area contributed by atoms with Gasteiger partial charge in [-0.1, -0.05) is 11.6 Å². The number of carbonyl (C=O) groups excluding carboxylic acids is 2. The van der Waals surface area contributed by atoms with Gasteiger partial charge in [0.1, 0.15) is 11.6 Å². The molecule has 120 valence electrons. The average molecular weight is 340 g/mol. The number of nitrogens with one attached hydrogen (secondary N) is 1. The summed E-state index contributed by atoms with van der Waals surface area (Å²) < 4.78 is 30.9. The van der Waals surface area contributed by atoms with Crippen molar-refractivity contribution in [2.75, 3.05) is 11.9 Å². The Kier molecular flexibility index (Phi) is 5.28. The van der Waals surface area contributed by atoms with E-state index in [0.29, 0.717) is 16.8 Å². The van der Waals surface area contributed by atoms with Crippen LogP contribution in [0.4, 0.5) is 14.5 Å². The largest absolute Gasteiger partial charge is 0.452 e. The van der Waals surface area contributed by atoms with E-state index in [1.165, 1.54) is 0 Å². The highest BCUT2D eigenvalue weighted by Crippen LogP contribution is 2.19. The summed E-state index contributed by atoms with van der Waals surface area (Å²) in [6.45, 7) is 1.15. The van der Waals surface area contributed by atoms with E-state index in [4.69, 9.17) is 16.3 Å². The number of halogens is 3. The molecule has 0 aromatic heterocycles. The van der Waals surface area contributed by atoms with Crippen LogP contribution >= 0.6 is 11.6 Å². The molecule has 0 aliphatic rings. The molecule has 7 heteroatoms. The third-order valence-corrected chi connectivity index (χ3v) is 3.18. The molecule has 0 fully saturated rings. The maximum absolute atomic E-state index is 13.4. The van der Waals surface area contributed by atoms with E-state index in [2.05, 4.69) is 5.32 Å². The monoisotopic (exact) mass is 339 g/mol. The molecule has 0 aliphatic heterocycles. The highest BCUT2D eigenvalue weighted by atomic mass is 35.5. The van der Waals surface area contributed by atoms with Crippen molar-refractivity contribution in [2.45, 2.75) is 6.92 Å². The van der Waals surface area contributed by atoms with Crippen LogP contribution in [0.15, 0.2) is 36.4 Å². The van der Waals surface area contributed by atoms with Crippen LogP contribution in [0.3, 0.4) is 0 Å². The molecule has 0 saturated heterocycles. The van der Waals surface area contributed by atoms with Gasteiger partial charge in [0.15, 0.2) is 6.61 Å². The van der Waals surface area contributed by atoms with Crippen molar-refractivity contribution in [3.8, 4) is 0 Å². The van der Waals surface area contributed by atoms with Crippen molar-refractivity contribution in [1.82, 2.24) is 0 Å². The topological polar surface area (TPSA) is 55.4 Å². The van der Waals surface area contributed by atoms with E-state index in [1.807, 2.05) is 0 Å². The summed E-state index contributed by atoms with van der Waals surface area (Å²) in [4.78, 5) is 23.4. The minimum absolute atomic E-state index is 0.443. The minimum atomic E-state index is -1.05. The van der Waals surface area contributed by atoms with Crippen LogP contribution in [0, 0.1) is 18.6 Å². The fourth-order valence-corrected chi connectivity index (χ4v) is 2.04. The molecule has 2 aromatic carbocycles. The lowest BCUT2D eigenvalue weighted by molar-refractivity contribution is -0.119. The van der Waals surface area contributed by atoms with Gasteiger partial charge in [-0.3, -0.25) is 4.79 Å². The molecule has 0 bridgehead atoms. The zero-order chi connectivity index (χ0) is 17.0. The van der Waals surface area contributed by atoms with E-state index in [0.717, 1.165) is 17.7 Å². The number of aryl methyl sites for hydroxylation is 1. The smallest absolute Gasteiger partial charge is 0.341 e. The second kappa shape index (κ2) is 7.19. The first-order chi connectivity index (χ1) is 10.9. The van der Waals surface area contributed by atoms with Crippen LogP contribution in [0.5, 0.6) is 0 Å². The van der Waals surface area contributed by atoms with Gasteiger partial charge in [-0.2, -0.15) is 0 Å². The summed E-state index contributed by atoms with van der Waals surface area (Å²) in [5.74, 6) is -3.50. The molecule has 0 radical (unpaired) electrons. The van der Waals surface area contributed by atoms with Crippen molar-refractivity contribution < 1.29 is 23.1 Å². The summed E-state index contributed by atoms with van der Waals surface area (Å²) in [7, 11) is 0. The van der Waals surface area contributed by atoms with Crippen LogP contribution in [0.1, 0.15) is 15.9 Å². The van der Waals surface area contributed by atoms with Crippen LogP contribution in [0.2, 0.25) is 5.02 Å². The summed E-state index contributed by atoms with van der Waals surface area (Å²) in [5.41, 5.74) is 0.812. The third-order valence-electron chi connectivity index (χ3n) is 2.95. The molecule has 2 rings (SSSR count). The standard InChI is InChI=1S/C16H12ClF2NO3/c1-9-6-10(17)2-5-14(9)20-15(21)8-23-16(22)12-4-3-11(18)7-13(12)19/h2-7H,8H2,1H3,(H,20,21). The number of benzene rings is 2. The Balaban J connectivity index is 1.94. The van der Waals surface area contributed by atoms with Crippen LogP contribution < -0.4 is 5.32 Å². The van der Waals surface area contributed by atoms with Gasteiger partial charge in [0.05, 0.1) is 5.56 Å². The highest BCUT2D eigenvalue weighted by Gasteiger charge is 2.15. The Morgan fingerprint density at radius 2 is 1.91 bits per heavy atom. The predicted molar refractivity (Wildman–Crippen MR) is 81.5 cm³/mol. The Hall–Kier alpha value is -2.47. The van der Waals surface area contributed by atoms with Crippen molar-refractivity contribution in [1.29, 1.82) is 0 Å². The SMILES string of the molecule is Cc1cc(Cl)ccc1NC(=O)COC(=O)c1ccc(F)cc1F. The third kappa shape index (κ3) is 4.50. The summed E-state index contributed by atoms with van der Waals surface area (Å²) in [5, 5.41) is 3.07. The van der Waals surface area contributed by atoms with Gasteiger partial charge in [0.2, 0.25) is 0 Å². The van der Waals surface area contributed by atoms with Gasteiger partial charge >= 0.3 is 5.97 Å². The average Bonchev–Trinajstić information content (AvgIpc) is 2.48. The van der Waals surface area contributed by atoms with E-state index in [1.54, 1.807) is 25.1 Å². The lowest BCUT2D eigenvalue weighted by atomic mass is 10.2. The number of amides is 1. The van der Waals surface area contributed by atoms with E-state index in [-0.39, 0.29) is 0 Å². The number of hydrogen-bond donors (Lipinski definition) is 1. The molecule has 1 amide bonds. The first-order valence-corrected chi connectivity index (χ1v) is 6.93. The number of esters is 1. The fraction of sp³-hybridized carbons (Fsp3) is 0.125. The van der Waals surface area contributed by atoms with Crippen molar-refractivity contribution in [3.63, 3.8) is 0 Å². The molecule has 2 aromatic rings. The molecule has 0 saturated carbocycles. The second-order valence-electron chi connectivity index (χ2n) is 4.71. The molecular formula is C16H12ClF2NO3. The molecule has 0 spiro atoms. The zero-order valence-electron chi connectivity index (χ0n) is 12.0. The van der Waals surface area contributed by atoms with Crippen LogP contribution in [-0.2, 0) is 9.53 Å². The van der Waals surface area contributed by atoms with Gasteiger partial charge in [-0.15, -0.1) is 0 Å². The van der Waals surface area contributed by atoms with Crippen LogP contribution in [-0.4, -0.2) is 18.5 Å². The first-order valence-electron chi connectivity index (χ1n) is 6.55. The fourth-order valence-electron chi connectivity index (χ4n) is 1.82. The molecule has 1 N–H and O–H groups in total. The summed E-state index contributed by atoms with van der Waals surface area (Å²) in [6.07, 6.45) is 0. The highest BCUT2D eigenvalue weighted by molar-refractivity contribution is 6.30. The van der Waals surface area contributed by atoms with Gasteiger partial charge in [-0.05, 0) is 42.8 Å². The number of rotatable bonds is 4. The molecule has 0 heterocycles. The minimum Gasteiger partial charge on any atom is -0.452 e. The van der Waals surface area contributed by atoms with Gasteiger partial charge in [-0.25, -0.2) is 13.6 Å². The van der Waals surface area contributed by atoms with Crippen molar-refractivity contribution >= 4 is 29.2 Å². The Morgan fingerprint density at radius 3 is 2.57 bits per heavy atom. The Morgan fingerprint density at radius 1 is 1.17 bits per heavy atom. The normalized spacial score (nSPS) is 10.3. The summed E-state index contributed by atoms with van der Waals surface area (Å²) >= 11 is 5.81. The number of ether oxygens (including phenoxy) is 1. The van der Waals surface area contributed by atoms with Gasteiger partial charge < -0.3 is 10.1 Å². The van der Waals surface area contributed by atoms with Crippen molar-refractivity contribution in [2.24, 2.45) is 0 Å². The summed E-state index contributed by atoms with van der Waals surface area (Å²) in [6, 6.07) is 7.32. The van der Waals surface area contributed by atoms with E-state index in [9.17, 15) is 18.4 Å². The Bertz CT molecular complexity index is 765. The number of carbonyl (C=O) groups is 2. The van der Waals surface area contributed by atoms with Crippen molar-refractivity contribution in [3.05, 3.63) is 64.2 Å². The number of anilines is 1.